The molecule has 0 atom stereocenters. The monoisotopic (exact) mass is 561 g/mol. The summed E-state index contributed by atoms with van der Waals surface area (Å²) >= 11 is 6.00. The largest absolute Gasteiger partial charge is 0.369 e. The van der Waals surface area contributed by atoms with Gasteiger partial charge in [0.15, 0.2) is 0 Å². The normalized spacial score (nSPS) is 11.2. The van der Waals surface area contributed by atoms with Crippen LogP contribution in [0.2, 0.25) is 5.02 Å². The van der Waals surface area contributed by atoms with Gasteiger partial charge in [0.2, 0.25) is 5.95 Å². The minimum absolute atomic E-state index is 0.0586. The van der Waals surface area contributed by atoms with E-state index in [2.05, 4.69) is 44.2 Å². The van der Waals surface area contributed by atoms with Gasteiger partial charge in [0, 0.05) is 29.0 Å². The smallest absolute Gasteiger partial charge is 0.251 e. The molecule has 1 amide bonds. The van der Waals surface area contributed by atoms with Crippen molar-refractivity contribution in [1.29, 1.82) is 0 Å². The number of amides is 1. The molecule has 0 spiro atoms. The highest BCUT2D eigenvalue weighted by Crippen LogP contribution is 2.17. The number of nitrogens with zero attached hydrogens (tertiary/aromatic N) is 5. The van der Waals surface area contributed by atoms with E-state index >= 15 is 0 Å². The van der Waals surface area contributed by atoms with Crippen molar-refractivity contribution in [1.82, 2.24) is 29.9 Å². The third-order valence-electron chi connectivity index (χ3n) is 7.09. The predicted octanol–water partition coefficient (Wildman–Crippen LogP) is 5.88. The molecule has 0 aliphatic heterocycles. The van der Waals surface area contributed by atoms with Gasteiger partial charge >= 0.3 is 0 Å². The maximum atomic E-state index is 12.5. The van der Waals surface area contributed by atoms with Crippen LogP contribution < -0.4 is 11.1 Å². The molecule has 0 fully saturated rings. The molecule has 40 heavy (non-hydrogen) atoms. The van der Waals surface area contributed by atoms with Crippen molar-refractivity contribution in [3.8, 4) is 0 Å². The van der Waals surface area contributed by atoms with E-state index in [0.717, 1.165) is 60.5 Å². The molecule has 0 unspecified atom stereocenters. The minimum Gasteiger partial charge on any atom is -0.369 e. The molecular weight excluding hydrogens is 522 g/mol. The van der Waals surface area contributed by atoms with Crippen LogP contribution >= 0.6 is 11.6 Å². The molecule has 2 aromatic heterocycles. The Labute approximate surface area is 242 Å². The first-order valence-corrected chi connectivity index (χ1v) is 14.7. The van der Waals surface area contributed by atoms with Crippen molar-refractivity contribution in [2.24, 2.45) is 0 Å². The van der Waals surface area contributed by atoms with Gasteiger partial charge in [-0.05, 0) is 73.9 Å². The number of carbonyl (C=O) groups excluding carboxylic acids is 1. The lowest BCUT2D eigenvalue weighted by Gasteiger charge is -2.10. The molecule has 0 aliphatic carbocycles. The number of carbonyl (C=O) groups is 1. The van der Waals surface area contributed by atoms with Gasteiger partial charge in [-0.1, -0.05) is 67.3 Å². The highest BCUT2D eigenvalue weighted by Gasteiger charge is 2.09. The summed E-state index contributed by atoms with van der Waals surface area (Å²) in [6.45, 7) is 3.99. The molecule has 9 heteroatoms. The maximum absolute atomic E-state index is 12.5. The van der Waals surface area contributed by atoms with E-state index in [0.29, 0.717) is 31.1 Å². The average molecular weight is 562 g/mol. The molecular formula is C31H40ClN7O. The fourth-order valence-corrected chi connectivity index (χ4v) is 4.85. The average Bonchev–Trinajstić information content (AvgIpc) is 3.56. The van der Waals surface area contributed by atoms with Gasteiger partial charge in [-0.2, -0.15) is 0 Å². The van der Waals surface area contributed by atoms with Gasteiger partial charge in [-0.3, -0.25) is 9.48 Å². The summed E-state index contributed by atoms with van der Waals surface area (Å²) in [5, 5.41) is 12.2. The molecule has 3 N–H and O–H groups in total. The van der Waals surface area contributed by atoms with Crippen LogP contribution in [0.25, 0.3) is 0 Å². The van der Waals surface area contributed by atoms with Gasteiger partial charge in [0.25, 0.3) is 5.91 Å². The number of unbranched alkanes of at least 4 members (excludes halogenated alkanes) is 4. The van der Waals surface area contributed by atoms with Gasteiger partial charge in [-0.25, -0.2) is 4.98 Å². The molecule has 0 bridgehead atoms. The first-order chi connectivity index (χ1) is 19.5. The van der Waals surface area contributed by atoms with E-state index in [-0.39, 0.29) is 5.91 Å². The van der Waals surface area contributed by atoms with Crippen LogP contribution in [-0.2, 0) is 32.4 Å². The number of anilines is 1. The second-order valence-electron chi connectivity index (χ2n) is 10.3. The van der Waals surface area contributed by atoms with Crippen molar-refractivity contribution in [2.45, 2.75) is 77.8 Å². The van der Waals surface area contributed by atoms with Crippen LogP contribution in [0.4, 0.5) is 5.95 Å². The lowest BCUT2D eigenvalue weighted by molar-refractivity contribution is 0.0952. The van der Waals surface area contributed by atoms with Gasteiger partial charge < -0.3 is 15.6 Å². The number of hydrogen-bond donors (Lipinski definition) is 2. The Hall–Kier alpha value is -3.65. The summed E-state index contributed by atoms with van der Waals surface area (Å²) in [6.07, 6.45) is 13.5. The molecule has 2 aromatic carbocycles. The Kier molecular flexibility index (Phi) is 11.2. The van der Waals surface area contributed by atoms with E-state index in [4.69, 9.17) is 17.3 Å². The van der Waals surface area contributed by atoms with Crippen molar-refractivity contribution in [2.75, 3.05) is 12.3 Å². The number of hydrogen-bond acceptors (Lipinski definition) is 5. The molecule has 0 saturated carbocycles. The molecule has 0 radical (unpaired) electrons. The summed E-state index contributed by atoms with van der Waals surface area (Å²) in [4.78, 5) is 16.8. The lowest BCUT2D eigenvalue weighted by atomic mass is 10.1. The van der Waals surface area contributed by atoms with Gasteiger partial charge in [0.05, 0.1) is 25.0 Å². The molecule has 2 heterocycles. The molecule has 4 aromatic rings. The molecule has 0 aliphatic rings. The Morgan fingerprint density at radius 2 is 1.65 bits per heavy atom. The first kappa shape index (κ1) is 29.3. The topological polar surface area (TPSA) is 104 Å². The predicted molar refractivity (Wildman–Crippen MR) is 160 cm³/mol. The zero-order chi connectivity index (χ0) is 28.2. The zero-order valence-corrected chi connectivity index (χ0v) is 24.1. The van der Waals surface area contributed by atoms with Crippen molar-refractivity contribution >= 4 is 23.5 Å². The lowest BCUT2D eigenvalue weighted by Crippen LogP contribution is -2.27. The molecule has 0 saturated heterocycles. The minimum atomic E-state index is -0.0586. The third kappa shape index (κ3) is 8.95. The number of rotatable bonds is 16. The van der Waals surface area contributed by atoms with Crippen LogP contribution in [0.3, 0.4) is 0 Å². The first-order valence-electron chi connectivity index (χ1n) is 14.3. The van der Waals surface area contributed by atoms with E-state index in [1.165, 1.54) is 24.8 Å². The zero-order valence-electron chi connectivity index (χ0n) is 23.4. The van der Waals surface area contributed by atoms with E-state index in [9.17, 15) is 4.79 Å². The summed E-state index contributed by atoms with van der Waals surface area (Å²) in [7, 11) is 0. The quantitative estimate of drug-likeness (QED) is 0.166. The standard InChI is InChI=1S/C31H40ClN7O/c1-2-3-5-8-24-11-15-26(16-12-24)30(40)34-19-20-38-23-28(36-37-38)9-6-4-7-10-29-21-35-31(33)39(29)22-25-13-17-27(32)18-14-25/h11-18,21,23H,2-10,19-20,22H2,1H3,(H2,33,35)(H,34,40). The number of aromatic nitrogens is 5. The number of imidazole rings is 1. The van der Waals surface area contributed by atoms with Crippen molar-refractivity contribution in [3.63, 3.8) is 0 Å². The third-order valence-corrected chi connectivity index (χ3v) is 7.34. The van der Waals surface area contributed by atoms with Crippen LogP contribution in [-0.4, -0.2) is 37.0 Å². The summed E-state index contributed by atoms with van der Waals surface area (Å²) in [5.74, 6) is 0.477. The van der Waals surface area contributed by atoms with Crippen LogP contribution in [0.15, 0.2) is 60.9 Å². The Morgan fingerprint density at radius 1 is 0.925 bits per heavy atom. The Bertz CT molecular complexity index is 1330. The summed E-state index contributed by atoms with van der Waals surface area (Å²) in [5.41, 5.74) is 11.3. The van der Waals surface area contributed by atoms with Crippen molar-refractivity contribution < 1.29 is 4.79 Å². The fourth-order valence-electron chi connectivity index (χ4n) is 4.72. The van der Waals surface area contributed by atoms with E-state index in [1.54, 1.807) is 4.68 Å². The SMILES string of the molecule is CCCCCc1ccc(C(=O)NCCn2cc(CCCCCc3cnc(N)n3Cc3ccc(Cl)cc3)nn2)cc1. The summed E-state index contributed by atoms with van der Waals surface area (Å²) < 4.78 is 3.86. The number of halogens is 1. The van der Waals surface area contributed by atoms with E-state index in [1.807, 2.05) is 48.8 Å². The molecule has 212 valence electrons. The van der Waals surface area contributed by atoms with Gasteiger partial charge in [0.1, 0.15) is 0 Å². The van der Waals surface area contributed by atoms with Crippen molar-refractivity contribution in [3.05, 3.63) is 94.0 Å². The molecule has 4 rings (SSSR count). The van der Waals surface area contributed by atoms with Crippen LogP contribution in [0.5, 0.6) is 0 Å². The Morgan fingerprint density at radius 3 is 2.42 bits per heavy atom. The number of aryl methyl sites for hydroxylation is 3. The number of nitrogens with two attached hydrogens (primary N) is 1. The Balaban J connectivity index is 1.13. The van der Waals surface area contributed by atoms with Crippen LogP contribution in [0, 0.1) is 0 Å². The van der Waals surface area contributed by atoms with Gasteiger partial charge in [-0.15, -0.1) is 5.10 Å². The second-order valence-corrected chi connectivity index (χ2v) is 10.7. The van der Waals surface area contributed by atoms with E-state index < -0.39 is 0 Å². The number of nitrogen functional groups attached to an aromatic ring is 1. The fraction of sp³-hybridized carbons (Fsp3) is 0.419. The van der Waals surface area contributed by atoms with Crippen LogP contribution in [0.1, 0.15) is 78.3 Å². The number of benzene rings is 2. The number of nitrogens with one attached hydrogen (secondary N) is 1. The molecule has 8 nitrogen and oxygen atoms in total. The highest BCUT2D eigenvalue weighted by molar-refractivity contribution is 6.30. The highest BCUT2D eigenvalue weighted by atomic mass is 35.5. The summed E-state index contributed by atoms with van der Waals surface area (Å²) in [6, 6.07) is 15.7. The maximum Gasteiger partial charge on any atom is 0.251 e. The second kappa shape index (κ2) is 15.2.